The second-order valence-electron chi connectivity index (χ2n) is 8.34. The number of amides is 1. The number of hydrazine groups is 1. The number of hydrogen-bond donors (Lipinski definition) is 3. The number of hydrogen-bond acceptors (Lipinski definition) is 7. The minimum Gasteiger partial charge on any atom is -0.383 e. The van der Waals surface area contributed by atoms with Crippen LogP contribution in [0.3, 0.4) is 0 Å². The summed E-state index contributed by atoms with van der Waals surface area (Å²) in [5.74, 6) is -0.912. The zero-order chi connectivity index (χ0) is 24.9. The predicted molar refractivity (Wildman–Crippen MR) is 132 cm³/mol. The van der Waals surface area contributed by atoms with Gasteiger partial charge in [-0.1, -0.05) is 24.3 Å². The summed E-state index contributed by atoms with van der Waals surface area (Å²) in [4.78, 5) is 21.4. The molecule has 0 spiro atoms. The lowest BCUT2D eigenvalue weighted by Crippen LogP contribution is -2.41. The second kappa shape index (κ2) is 8.41. The van der Waals surface area contributed by atoms with Crippen LogP contribution < -0.4 is 16.1 Å². The van der Waals surface area contributed by atoms with Crippen molar-refractivity contribution in [1.82, 2.24) is 19.5 Å². The van der Waals surface area contributed by atoms with E-state index in [0.29, 0.717) is 33.7 Å². The molecule has 4 aromatic rings. The van der Waals surface area contributed by atoms with Crippen LogP contribution in [0.2, 0.25) is 0 Å². The van der Waals surface area contributed by atoms with Gasteiger partial charge in [0.1, 0.15) is 23.6 Å². The van der Waals surface area contributed by atoms with Crippen molar-refractivity contribution in [2.24, 2.45) is 7.05 Å². The number of halogens is 1. The molecule has 3 heterocycles. The number of anilines is 3. The Hall–Kier alpha value is -4.44. The van der Waals surface area contributed by atoms with Gasteiger partial charge in [0.2, 0.25) is 0 Å². The largest absolute Gasteiger partial charge is 0.383 e. The van der Waals surface area contributed by atoms with Crippen LogP contribution in [0.1, 0.15) is 6.92 Å². The number of nitrogens with zero attached hydrogens (tertiary/aromatic N) is 5. The van der Waals surface area contributed by atoms with Gasteiger partial charge in [-0.05, 0) is 36.8 Å². The summed E-state index contributed by atoms with van der Waals surface area (Å²) in [5.41, 5.74) is 9.35. The zero-order valence-corrected chi connectivity index (χ0v) is 19.4. The number of nitrogens with two attached hydrogens (primary N) is 1. The van der Waals surface area contributed by atoms with Crippen LogP contribution in [0.15, 0.2) is 72.3 Å². The average Bonchev–Trinajstić information content (AvgIpc) is 3.29. The van der Waals surface area contributed by atoms with E-state index in [1.165, 1.54) is 18.5 Å². The van der Waals surface area contributed by atoms with Crippen molar-refractivity contribution in [1.29, 1.82) is 0 Å². The third kappa shape index (κ3) is 3.64. The molecule has 0 radical (unpaired) electrons. The number of nitrogen functional groups attached to an aromatic ring is 1. The van der Waals surface area contributed by atoms with E-state index in [0.717, 1.165) is 5.69 Å². The number of aryl methyl sites for hydroxylation is 1. The Bertz CT molecular complexity index is 1480. The lowest BCUT2D eigenvalue weighted by atomic mass is 10.0. The molecule has 9 nitrogen and oxygen atoms in total. The van der Waals surface area contributed by atoms with Crippen molar-refractivity contribution in [2.45, 2.75) is 13.2 Å². The number of carbonyl (C=O) groups is 1. The number of aliphatic hydroxyl groups is 1. The molecule has 0 saturated heterocycles. The molecule has 1 aliphatic rings. The molecule has 178 valence electrons. The fraction of sp³-hybridized carbons (Fsp3) is 0.160. The van der Waals surface area contributed by atoms with E-state index in [1.54, 1.807) is 40.8 Å². The summed E-state index contributed by atoms with van der Waals surface area (Å²) < 4.78 is 16.9. The minimum atomic E-state index is -1.22. The van der Waals surface area contributed by atoms with Crippen molar-refractivity contribution in [2.75, 3.05) is 23.1 Å². The number of carbonyl (C=O) groups excluding carboxylic acids is 1. The molecule has 1 atom stereocenters. The summed E-state index contributed by atoms with van der Waals surface area (Å²) in [5, 5.41) is 17.4. The van der Waals surface area contributed by atoms with Crippen molar-refractivity contribution in [3.63, 3.8) is 0 Å². The van der Waals surface area contributed by atoms with Crippen molar-refractivity contribution >= 4 is 34.1 Å². The highest BCUT2D eigenvalue weighted by Gasteiger charge is 2.38. The van der Waals surface area contributed by atoms with Crippen LogP contribution in [-0.4, -0.2) is 43.8 Å². The van der Waals surface area contributed by atoms with E-state index in [-0.39, 0.29) is 11.3 Å². The fourth-order valence-electron chi connectivity index (χ4n) is 4.41. The highest BCUT2D eigenvalue weighted by Crippen LogP contribution is 2.35. The number of fused-ring (bicyclic) bond motifs is 1. The molecule has 5 rings (SSSR count). The van der Waals surface area contributed by atoms with Gasteiger partial charge in [-0.15, -0.1) is 0 Å². The summed E-state index contributed by atoms with van der Waals surface area (Å²) in [7, 11) is 3.57. The minimum absolute atomic E-state index is 0.00322. The van der Waals surface area contributed by atoms with Gasteiger partial charge in [0.05, 0.1) is 22.3 Å². The summed E-state index contributed by atoms with van der Waals surface area (Å²) >= 11 is 0. The number of allylic oxidation sites excluding steroid dienone is 1. The van der Waals surface area contributed by atoms with Gasteiger partial charge in [0, 0.05) is 31.6 Å². The number of rotatable bonds is 4. The first-order valence-electron chi connectivity index (χ1n) is 10.9. The molecule has 0 saturated carbocycles. The molecule has 2 aromatic carbocycles. The molecule has 1 unspecified atom stereocenters. The topological polar surface area (TPSA) is 113 Å². The smallest absolute Gasteiger partial charge is 0.258 e. The Kier molecular flexibility index (Phi) is 5.37. The highest BCUT2D eigenvalue weighted by atomic mass is 19.1. The number of aromatic nitrogens is 3. The maximum Gasteiger partial charge on any atom is 0.258 e. The lowest BCUT2D eigenvalue weighted by molar-refractivity contribution is -0.113. The first kappa shape index (κ1) is 22.4. The molecular formula is C25H24FN7O2. The van der Waals surface area contributed by atoms with E-state index >= 15 is 4.39 Å². The molecule has 0 aliphatic carbocycles. The predicted octanol–water partition coefficient (Wildman–Crippen LogP) is 3.25. The van der Waals surface area contributed by atoms with Crippen LogP contribution >= 0.6 is 0 Å². The summed E-state index contributed by atoms with van der Waals surface area (Å²) in [6.07, 6.45) is 1.97. The Morgan fingerprint density at radius 1 is 1.14 bits per heavy atom. The monoisotopic (exact) mass is 473 g/mol. The first-order valence-corrected chi connectivity index (χ1v) is 10.9. The van der Waals surface area contributed by atoms with Crippen molar-refractivity contribution in [3.8, 4) is 11.1 Å². The molecular weight excluding hydrogens is 449 g/mol. The quantitative estimate of drug-likeness (QED) is 0.417. The molecule has 35 heavy (non-hydrogen) atoms. The van der Waals surface area contributed by atoms with E-state index in [4.69, 9.17) is 5.73 Å². The molecule has 1 aliphatic heterocycles. The maximum absolute atomic E-state index is 15.1. The molecule has 1 amide bonds. The standard InChI is InChI=1S/C25H24FN7O2/c1-14-20(25(35)33(32(14)3)16-7-5-4-6-8-16)24(34)30-19-10-9-15(11-18(19)26)17-12-31(2)23-21(17)22(27)28-13-29-23/h4-13,25,35H,1-3H3,(H,30,34)(H2,27,28,29). The van der Waals surface area contributed by atoms with Crippen LogP contribution in [0, 0.1) is 5.82 Å². The molecule has 10 heteroatoms. The number of nitrogens with one attached hydrogen (secondary N) is 1. The van der Waals surface area contributed by atoms with Gasteiger partial charge < -0.3 is 20.7 Å². The number of benzene rings is 2. The van der Waals surface area contributed by atoms with Gasteiger partial charge in [-0.25, -0.2) is 14.4 Å². The highest BCUT2D eigenvalue weighted by molar-refractivity contribution is 6.06. The molecule has 2 aromatic heterocycles. The van der Waals surface area contributed by atoms with Gasteiger partial charge in [0.25, 0.3) is 5.91 Å². The van der Waals surface area contributed by atoms with Crippen LogP contribution in [-0.2, 0) is 11.8 Å². The zero-order valence-electron chi connectivity index (χ0n) is 19.4. The Morgan fingerprint density at radius 2 is 1.89 bits per heavy atom. The van der Waals surface area contributed by atoms with Gasteiger partial charge >= 0.3 is 0 Å². The van der Waals surface area contributed by atoms with E-state index < -0.39 is 18.0 Å². The molecule has 4 N–H and O–H groups in total. The van der Waals surface area contributed by atoms with Crippen LogP contribution in [0.5, 0.6) is 0 Å². The Labute approximate surface area is 200 Å². The van der Waals surface area contributed by atoms with Crippen molar-refractivity contribution in [3.05, 3.63) is 78.1 Å². The maximum atomic E-state index is 15.1. The van der Waals surface area contributed by atoms with Crippen LogP contribution in [0.25, 0.3) is 22.2 Å². The second-order valence-corrected chi connectivity index (χ2v) is 8.34. The van der Waals surface area contributed by atoms with E-state index in [2.05, 4.69) is 15.3 Å². The molecule has 0 fully saturated rings. The first-order chi connectivity index (χ1) is 16.8. The van der Waals surface area contributed by atoms with Gasteiger partial charge in [-0.3, -0.25) is 14.8 Å². The SMILES string of the molecule is CC1=C(C(=O)Nc2ccc(-c3cn(C)c4ncnc(N)c34)cc2F)C(O)N(c2ccccc2)N1C. The summed E-state index contributed by atoms with van der Waals surface area (Å²) in [6.45, 7) is 1.73. The third-order valence-corrected chi connectivity index (χ3v) is 6.26. The van der Waals surface area contributed by atoms with Crippen LogP contribution in [0.4, 0.5) is 21.6 Å². The average molecular weight is 474 g/mol. The van der Waals surface area contributed by atoms with Crippen molar-refractivity contribution < 1.29 is 14.3 Å². The third-order valence-electron chi connectivity index (χ3n) is 6.26. The van der Waals surface area contributed by atoms with E-state index in [9.17, 15) is 9.90 Å². The normalized spacial score (nSPS) is 15.9. The Morgan fingerprint density at radius 3 is 2.60 bits per heavy atom. The summed E-state index contributed by atoms with van der Waals surface area (Å²) in [6, 6.07) is 13.7. The number of aliphatic hydroxyl groups excluding tert-OH is 1. The van der Waals surface area contributed by atoms with Gasteiger partial charge in [0.15, 0.2) is 6.23 Å². The van der Waals surface area contributed by atoms with E-state index in [1.807, 2.05) is 37.4 Å². The molecule has 0 bridgehead atoms. The Balaban J connectivity index is 1.42. The van der Waals surface area contributed by atoms with Gasteiger partial charge in [-0.2, -0.15) is 0 Å². The lowest BCUT2D eigenvalue weighted by Gasteiger charge is -2.31. The fourth-order valence-corrected chi connectivity index (χ4v) is 4.41. The number of para-hydroxylation sites is 1.